The maximum Gasteiger partial charge on any atom is 0.226 e. The summed E-state index contributed by atoms with van der Waals surface area (Å²) >= 11 is 0. The molecule has 7 nitrogen and oxygen atoms in total. The second-order valence-electron chi connectivity index (χ2n) is 3.90. The maximum absolute atomic E-state index is 9.19. The molecular weight excluding hydrogens is 220 g/mol. The summed E-state index contributed by atoms with van der Waals surface area (Å²) in [6, 6.07) is -0.0206. The Labute approximate surface area is 98.9 Å². The highest BCUT2D eigenvalue weighted by molar-refractivity contribution is 5.87. The van der Waals surface area contributed by atoms with Crippen LogP contribution >= 0.6 is 0 Å². The molecule has 7 heteroatoms. The first-order chi connectivity index (χ1) is 8.17. The van der Waals surface area contributed by atoms with Crippen LogP contribution in [0.5, 0.6) is 0 Å². The molecule has 17 heavy (non-hydrogen) atoms. The minimum Gasteiger partial charge on any atom is -0.394 e. The van der Waals surface area contributed by atoms with Crippen LogP contribution in [0, 0.1) is 0 Å². The second kappa shape index (κ2) is 4.54. The highest BCUT2D eigenvalue weighted by Gasteiger charge is 2.16. The van der Waals surface area contributed by atoms with E-state index in [2.05, 4.69) is 25.5 Å². The lowest BCUT2D eigenvalue weighted by atomic mass is 10.3. The van der Waals surface area contributed by atoms with E-state index in [-0.39, 0.29) is 12.6 Å². The number of aromatic nitrogens is 4. The Morgan fingerprint density at radius 1 is 1.53 bits per heavy atom. The van der Waals surface area contributed by atoms with Gasteiger partial charge in [-0.2, -0.15) is 15.1 Å². The Kier molecular flexibility index (Phi) is 3.10. The van der Waals surface area contributed by atoms with E-state index in [0.717, 1.165) is 11.2 Å². The number of aliphatic hydroxyl groups is 1. The molecular formula is C10H16N6O. The summed E-state index contributed by atoms with van der Waals surface area (Å²) in [5.41, 5.74) is 0.677. The topological polar surface area (TPSA) is 90.0 Å². The molecule has 0 radical (unpaired) electrons. The lowest BCUT2D eigenvalue weighted by Crippen LogP contribution is -2.32. The van der Waals surface area contributed by atoms with Crippen LogP contribution in [0.3, 0.4) is 0 Å². The van der Waals surface area contributed by atoms with E-state index in [1.54, 1.807) is 13.2 Å². The zero-order chi connectivity index (χ0) is 12.4. The van der Waals surface area contributed by atoms with Crippen LogP contribution in [0.15, 0.2) is 6.20 Å². The SMILES string of the molecule is CNc1nc(N(C)C(C)CO)c2cn[nH]c2n1. The van der Waals surface area contributed by atoms with Crippen molar-refractivity contribution in [2.45, 2.75) is 13.0 Å². The van der Waals surface area contributed by atoms with Crippen molar-refractivity contribution < 1.29 is 5.11 Å². The van der Waals surface area contributed by atoms with E-state index in [1.807, 2.05) is 18.9 Å². The molecule has 1 unspecified atom stereocenters. The monoisotopic (exact) mass is 236 g/mol. The zero-order valence-electron chi connectivity index (χ0n) is 10.1. The number of likely N-dealkylation sites (N-methyl/N-ethyl adjacent to an activating group) is 1. The Hall–Kier alpha value is -1.89. The molecule has 0 amide bonds. The number of H-pyrrole nitrogens is 1. The van der Waals surface area contributed by atoms with Gasteiger partial charge in [0.25, 0.3) is 0 Å². The van der Waals surface area contributed by atoms with Crippen LogP contribution < -0.4 is 10.2 Å². The van der Waals surface area contributed by atoms with Crippen molar-refractivity contribution in [2.24, 2.45) is 0 Å². The molecule has 0 aliphatic heterocycles. The first-order valence-electron chi connectivity index (χ1n) is 5.40. The van der Waals surface area contributed by atoms with Crippen molar-refractivity contribution in [3.63, 3.8) is 0 Å². The number of nitrogens with one attached hydrogen (secondary N) is 2. The average Bonchev–Trinajstić information content (AvgIpc) is 2.83. The van der Waals surface area contributed by atoms with Crippen LogP contribution in [0.25, 0.3) is 11.0 Å². The Balaban J connectivity index is 2.53. The van der Waals surface area contributed by atoms with Gasteiger partial charge >= 0.3 is 0 Å². The van der Waals surface area contributed by atoms with Crippen molar-refractivity contribution in [3.8, 4) is 0 Å². The van der Waals surface area contributed by atoms with Crippen molar-refractivity contribution in [3.05, 3.63) is 6.20 Å². The number of hydrogen-bond donors (Lipinski definition) is 3. The molecule has 0 aliphatic carbocycles. The molecule has 2 aromatic heterocycles. The molecule has 0 spiro atoms. The van der Waals surface area contributed by atoms with Crippen molar-refractivity contribution in [1.82, 2.24) is 20.2 Å². The molecule has 2 heterocycles. The fourth-order valence-electron chi connectivity index (χ4n) is 1.53. The Morgan fingerprint density at radius 2 is 2.29 bits per heavy atom. The van der Waals surface area contributed by atoms with Gasteiger partial charge < -0.3 is 15.3 Å². The smallest absolute Gasteiger partial charge is 0.226 e. The Bertz CT molecular complexity index is 510. The fourth-order valence-corrected chi connectivity index (χ4v) is 1.53. The first-order valence-corrected chi connectivity index (χ1v) is 5.40. The Morgan fingerprint density at radius 3 is 2.94 bits per heavy atom. The molecule has 2 aromatic rings. The van der Waals surface area contributed by atoms with Crippen LogP contribution in [0.4, 0.5) is 11.8 Å². The lowest BCUT2D eigenvalue weighted by Gasteiger charge is -2.24. The number of aromatic amines is 1. The summed E-state index contributed by atoms with van der Waals surface area (Å²) in [5.74, 6) is 1.27. The van der Waals surface area contributed by atoms with Crippen molar-refractivity contribution >= 4 is 22.8 Å². The van der Waals surface area contributed by atoms with E-state index in [0.29, 0.717) is 11.6 Å². The predicted octanol–water partition coefficient (Wildman–Crippen LogP) is 0.212. The maximum atomic E-state index is 9.19. The largest absolute Gasteiger partial charge is 0.394 e. The summed E-state index contributed by atoms with van der Waals surface area (Å²) < 4.78 is 0. The lowest BCUT2D eigenvalue weighted by molar-refractivity contribution is 0.270. The summed E-state index contributed by atoms with van der Waals surface area (Å²) in [7, 11) is 3.64. The van der Waals surface area contributed by atoms with Crippen LogP contribution in [0.1, 0.15) is 6.92 Å². The standard InChI is InChI=1S/C10H16N6O/c1-6(5-17)16(3)9-7-4-12-15-8(7)13-10(11-2)14-9/h4,6,17H,5H2,1-3H3,(H2,11,12,13,14,15). The molecule has 0 fully saturated rings. The number of fused-ring (bicyclic) bond motifs is 1. The first kappa shape index (κ1) is 11.6. The van der Waals surface area contributed by atoms with E-state index >= 15 is 0 Å². The van der Waals surface area contributed by atoms with E-state index in [4.69, 9.17) is 0 Å². The second-order valence-corrected chi connectivity index (χ2v) is 3.90. The molecule has 1 atom stereocenters. The third-order valence-electron chi connectivity index (χ3n) is 2.77. The molecule has 3 N–H and O–H groups in total. The number of rotatable bonds is 4. The van der Waals surface area contributed by atoms with Gasteiger partial charge in [-0.25, -0.2) is 0 Å². The molecule has 0 bridgehead atoms. The molecule has 0 aromatic carbocycles. The van der Waals surface area contributed by atoms with E-state index in [1.165, 1.54) is 0 Å². The minimum atomic E-state index is -0.0206. The fraction of sp³-hybridized carbons (Fsp3) is 0.500. The van der Waals surface area contributed by atoms with Crippen molar-refractivity contribution in [2.75, 3.05) is 30.9 Å². The highest BCUT2D eigenvalue weighted by atomic mass is 16.3. The normalized spacial score (nSPS) is 12.7. The van der Waals surface area contributed by atoms with Gasteiger partial charge in [0, 0.05) is 14.1 Å². The highest BCUT2D eigenvalue weighted by Crippen LogP contribution is 2.23. The average molecular weight is 236 g/mol. The number of anilines is 2. The van der Waals surface area contributed by atoms with Gasteiger partial charge in [0.1, 0.15) is 5.82 Å². The van der Waals surface area contributed by atoms with Gasteiger partial charge in [-0.15, -0.1) is 0 Å². The molecule has 0 saturated carbocycles. The van der Waals surface area contributed by atoms with E-state index in [9.17, 15) is 5.11 Å². The van der Waals surface area contributed by atoms with Gasteiger partial charge in [-0.1, -0.05) is 0 Å². The summed E-state index contributed by atoms with van der Waals surface area (Å²) in [5, 5.41) is 19.7. The summed E-state index contributed by atoms with van der Waals surface area (Å²) in [6.45, 7) is 1.99. The third kappa shape index (κ3) is 2.01. The minimum absolute atomic E-state index is 0.0206. The van der Waals surface area contributed by atoms with E-state index < -0.39 is 0 Å². The van der Waals surface area contributed by atoms with Gasteiger partial charge in [0.05, 0.1) is 24.2 Å². The van der Waals surface area contributed by atoms with Gasteiger partial charge in [0.15, 0.2) is 5.65 Å². The van der Waals surface area contributed by atoms with Gasteiger partial charge in [0.2, 0.25) is 5.95 Å². The van der Waals surface area contributed by atoms with Crippen LogP contribution in [0.2, 0.25) is 0 Å². The number of aliphatic hydroxyl groups excluding tert-OH is 1. The number of hydrogen-bond acceptors (Lipinski definition) is 6. The third-order valence-corrected chi connectivity index (χ3v) is 2.77. The summed E-state index contributed by atoms with van der Waals surface area (Å²) in [4.78, 5) is 10.5. The van der Waals surface area contributed by atoms with Gasteiger partial charge in [-0.05, 0) is 6.92 Å². The molecule has 2 rings (SSSR count). The molecule has 0 aliphatic rings. The van der Waals surface area contributed by atoms with Crippen LogP contribution in [-0.4, -0.2) is 52.0 Å². The summed E-state index contributed by atoms with van der Waals surface area (Å²) in [6.07, 6.45) is 1.69. The quantitative estimate of drug-likeness (QED) is 0.703. The molecule has 92 valence electrons. The molecule has 0 saturated heterocycles. The van der Waals surface area contributed by atoms with Crippen molar-refractivity contribution in [1.29, 1.82) is 0 Å². The predicted molar refractivity (Wildman–Crippen MR) is 66.2 cm³/mol. The van der Waals surface area contributed by atoms with Gasteiger partial charge in [-0.3, -0.25) is 5.10 Å². The zero-order valence-corrected chi connectivity index (χ0v) is 10.1. The number of nitrogens with zero attached hydrogens (tertiary/aromatic N) is 4. The van der Waals surface area contributed by atoms with Crippen LogP contribution in [-0.2, 0) is 0 Å².